The lowest BCUT2D eigenvalue weighted by atomic mass is 10.2. The van der Waals surface area contributed by atoms with Crippen LogP contribution < -0.4 is 0 Å². The van der Waals surface area contributed by atoms with E-state index in [0.717, 1.165) is 12.4 Å². The molecule has 64 valence electrons. The van der Waals surface area contributed by atoms with Gasteiger partial charge in [0.25, 0.3) is 0 Å². The highest BCUT2D eigenvalue weighted by Gasteiger charge is 2.21. The summed E-state index contributed by atoms with van der Waals surface area (Å²) >= 11 is 1.87. The maximum atomic E-state index is 5.13. The lowest BCUT2D eigenvalue weighted by molar-refractivity contribution is 0.426. The Hall–Kier alpha value is -0.470. The Kier molecular flexibility index (Phi) is 2.38. The number of benzene rings is 1. The standard InChI is InChI=1S/C10H12OS/c1-8-2-4-10(5-3-8)12-7-9-6-11-9/h2-5,9H,6-7H2,1H3/t9-/m0/s1. The van der Waals surface area contributed by atoms with E-state index in [4.69, 9.17) is 4.74 Å². The normalized spacial score (nSPS) is 20.9. The van der Waals surface area contributed by atoms with Crippen molar-refractivity contribution in [1.29, 1.82) is 0 Å². The monoisotopic (exact) mass is 180 g/mol. The van der Waals surface area contributed by atoms with Gasteiger partial charge in [-0.25, -0.2) is 0 Å². The molecule has 0 amide bonds. The zero-order valence-electron chi connectivity index (χ0n) is 7.12. The Morgan fingerprint density at radius 1 is 1.42 bits per heavy atom. The van der Waals surface area contributed by atoms with Gasteiger partial charge in [0.1, 0.15) is 0 Å². The molecular weight excluding hydrogens is 168 g/mol. The van der Waals surface area contributed by atoms with Crippen molar-refractivity contribution in [3.8, 4) is 0 Å². The zero-order valence-corrected chi connectivity index (χ0v) is 7.93. The van der Waals surface area contributed by atoms with E-state index >= 15 is 0 Å². The van der Waals surface area contributed by atoms with E-state index in [1.807, 2.05) is 11.8 Å². The lowest BCUT2D eigenvalue weighted by Gasteiger charge is -1.98. The Balaban J connectivity index is 1.89. The molecular formula is C10H12OS. The Labute approximate surface area is 77.1 Å². The van der Waals surface area contributed by atoms with Gasteiger partial charge in [-0.15, -0.1) is 11.8 Å². The predicted octanol–water partition coefficient (Wildman–Crippen LogP) is 2.49. The third kappa shape index (κ3) is 2.26. The molecule has 0 aliphatic carbocycles. The first-order valence-corrected chi connectivity index (χ1v) is 5.14. The molecule has 0 aromatic heterocycles. The van der Waals surface area contributed by atoms with Gasteiger partial charge < -0.3 is 4.74 Å². The van der Waals surface area contributed by atoms with Crippen molar-refractivity contribution < 1.29 is 4.74 Å². The number of hydrogen-bond acceptors (Lipinski definition) is 2. The number of epoxide rings is 1. The van der Waals surface area contributed by atoms with E-state index < -0.39 is 0 Å². The average Bonchev–Trinajstić information content (AvgIpc) is 2.87. The van der Waals surface area contributed by atoms with E-state index in [2.05, 4.69) is 31.2 Å². The van der Waals surface area contributed by atoms with Gasteiger partial charge >= 0.3 is 0 Å². The fourth-order valence-corrected chi connectivity index (χ4v) is 1.89. The first kappa shape index (κ1) is 8.14. The van der Waals surface area contributed by atoms with Crippen LogP contribution in [-0.2, 0) is 4.74 Å². The molecule has 1 fully saturated rings. The zero-order chi connectivity index (χ0) is 8.39. The molecule has 12 heavy (non-hydrogen) atoms. The largest absolute Gasteiger partial charge is 0.372 e. The molecule has 0 saturated carbocycles. The Bertz CT molecular complexity index is 251. The molecule has 1 aliphatic heterocycles. The summed E-state index contributed by atoms with van der Waals surface area (Å²) < 4.78 is 5.13. The van der Waals surface area contributed by atoms with Crippen molar-refractivity contribution in [3.63, 3.8) is 0 Å². The van der Waals surface area contributed by atoms with E-state index in [1.165, 1.54) is 10.5 Å². The van der Waals surface area contributed by atoms with Gasteiger partial charge in [-0.2, -0.15) is 0 Å². The van der Waals surface area contributed by atoms with Crippen LogP contribution in [0.5, 0.6) is 0 Å². The van der Waals surface area contributed by atoms with Gasteiger partial charge in [0.15, 0.2) is 0 Å². The molecule has 1 aromatic carbocycles. The molecule has 1 heterocycles. The van der Waals surface area contributed by atoms with Gasteiger partial charge in [0.2, 0.25) is 0 Å². The van der Waals surface area contributed by atoms with Crippen LogP contribution in [-0.4, -0.2) is 18.5 Å². The fourth-order valence-electron chi connectivity index (χ4n) is 0.988. The third-order valence-electron chi connectivity index (χ3n) is 1.86. The van der Waals surface area contributed by atoms with Crippen LogP contribution in [0.1, 0.15) is 5.56 Å². The molecule has 1 aromatic rings. The maximum Gasteiger partial charge on any atom is 0.0903 e. The Morgan fingerprint density at radius 3 is 2.67 bits per heavy atom. The first-order valence-electron chi connectivity index (χ1n) is 4.16. The summed E-state index contributed by atoms with van der Waals surface area (Å²) in [6, 6.07) is 8.64. The van der Waals surface area contributed by atoms with E-state index in [-0.39, 0.29) is 0 Å². The molecule has 1 aliphatic rings. The summed E-state index contributed by atoms with van der Waals surface area (Å²) in [5, 5.41) is 0. The van der Waals surface area contributed by atoms with Gasteiger partial charge in [0.05, 0.1) is 12.7 Å². The molecule has 0 spiro atoms. The second-order valence-corrected chi connectivity index (χ2v) is 4.17. The highest BCUT2D eigenvalue weighted by atomic mass is 32.2. The van der Waals surface area contributed by atoms with E-state index in [1.54, 1.807) is 0 Å². The predicted molar refractivity (Wildman–Crippen MR) is 51.6 cm³/mol. The summed E-state index contributed by atoms with van der Waals surface area (Å²) in [6.07, 6.45) is 0.524. The van der Waals surface area contributed by atoms with Crippen molar-refractivity contribution in [1.82, 2.24) is 0 Å². The van der Waals surface area contributed by atoms with Crippen LogP contribution in [0.4, 0.5) is 0 Å². The number of aryl methyl sites for hydroxylation is 1. The summed E-state index contributed by atoms with van der Waals surface area (Å²) in [5.41, 5.74) is 1.32. The minimum atomic E-state index is 0.524. The molecule has 1 nitrogen and oxygen atoms in total. The van der Waals surface area contributed by atoms with Gasteiger partial charge in [0, 0.05) is 10.6 Å². The second kappa shape index (κ2) is 3.50. The molecule has 0 N–H and O–H groups in total. The number of rotatable bonds is 3. The molecule has 0 unspecified atom stereocenters. The van der Waals surface area contributed by atoms with Crippen molar-refractivity contribution in [3.05, 3.63) is 29.8 Å². The van der Waals surface area contributed by atoms with Crippen molar-refractivity contribution >= 4 is 11.8 Å². The molecule has 2 heteroatoms. The maximum absolute atomic E-state index is 5.13. The highest BCUT2D eigenvalue weighted by Crippen LogP contribution is 2.23. The SMILES string of the molecule is Cc1ccc(SC[C@@H]2CO2)cc1. The third-order valence-corrected chi connectivity index (χ3v) is 3.00. The van der Waals surface area contributed by atoms with Crippen molar-refractivity contribution in [2.45, 2.75) is 17.9 Å². The first-order chi connectivity index (χ1) is 5.84. The van der Waals surface area contributed by atoms with E-state index in [0.29, 0.717) is 6.10 Å². The molecule has 1 saturated heterocycles. The van der Waals surface area contributed by atoms with E-state index in [9.17, 15) is 0 Å². The second-order valence-electron chi connectivity index (χ2n) is 3.08. The summed E-state index contributed by atoms with van der Waals surface area (Å²) in [5.74, 6) is 1.10. The minimum Gasteiger partial charge on any atom is -0.372 e. The topological polar surface area (TPSA) is 12.5 Å². The summed E-state index contributed by atoms with van der Waals surface area (Å²) in [6.45, 7) is 3.07. The number of thioether (sulfide) groups is 1. The van der Waals surface area contributed by atoms with Crippen LogP contribution in [0.15, 0.2) is 29.2 Å². The molecule has 1 atom stereocenters. The minimum absolute atomic E-state index is 0.524. The van der Waals surface area contributed by atoms with Crippen LogP contribution in [0.3, 0.4) is 0 Å². The van der Waals surface area contributed by atoms with Gasteiger partial charge in [-0.05, 0) is 19.1 Å². The molecule has 2 rings (SSSR count). The van der Waals surface area contributed by atoms with Crippen LogP contribution in [0, 0.1) is 6.92 Å². The summed E-state index contributed by atoms with van der Waals surface area (Å²) in [7, 11) is 0. The van der Waals surface area contributed by atoms with Crippen molar-refractivity contribution in [2.75, 3.05) is 12.4 Å². The fraction of sp³-hybridized carbons (Fsp3) is 0.400. The van der Waals surface area contributed by atoms with Gasteiger partial charge in [-0.1, -0.05) is 17.7 Å². The number of hydrogen-bond donors (Lipinski definition) is 0. The number of ether oxygens (including phenoxy) is 1. The van der Waals surface area contributed by atoms with Crippen LogP contribution in [0.2, 0.25) is 0 Å². The summed E-state index contributed by atoms with van der Waals surface area (Å²) in [4.78, 5) is 1.34. The van der Waals surface area contributed by atoms with Crippen LogP contribution in [0.25, 0.3) is 0 Å². The van der Waals surface area contributed by atoms with Gasteiger partial charge in [-0.3, -0.25) is 0 Å². The Morgan fingerprint density at radius 2 is 2.08 bits per heavy atom. The smallest absolute Gasteiger partial charge is 0.0903 e. The lowest BCUT2D eigenvalue weighted by Crippen LogP contribution is -1.87. The average molecular weight is 180 g/mol. The quantitative estimate of drug-likeness (QED) is 0.523. The highest BCUT2D eigenvalue weighted by molar-refractivity contribution is 7.99. The van der Waals surface area contributed by atoms with Crippen molar-refractivity contribution in [2.24, 2.45) is 0 Å². The molecule has 0 radical (unpaired) electrons. The van der Waals surface area contributed by atoms with Crippen LogP contribution >= 0.6 is 11.8 Å². The molecule has 0 bridgehead atoms.